The minimum Gasteiger partial charge on any atom is -0.508 e. The molecule has 0 aliphatic heterocycles. The highest BCUT2D eigenvalue weighted by Gasteiger charge is 2.27. The van der Waals surface area contributed by atoms with Crippen molar-refractivity contribution >= 4 is 17.3 Å². The highest BCUT2D eigenvalue weighted by molar-refractivity contribution is 6.06. The van der Waals surface area contributed by atoms with Gasteiger partial charge in [-0.3, -0.25) is 19.6 Å². The van der Waals surface area contributed by atoms with Gasteiger partial charge in [-0.1, -0.05) is 13.8 Å². The monoisotopic (exact) mass is 332 g/mol. The maximum Gasteiger partial charge on any atom is 0.320 e. The van der Waals surface area contributed by atoms with Gasteiger partial charge in [0, 0.05) is 12.2 Å². The normalized spacial score (nSPS) is 10.9. The fraction of sp³-hybridized carbons (Fsp3) is 0.375. The Morgan fingerprint density at radius 2 is 2.12 bits per heavy atom. The number of benzene rings is 1. The lowest BCUT2D eigenvalue weighted by Crippen LogP contribution is -2.19. The summed E-state index contributed by atoms with van der Waals surface area (Å²) in [6, 6.07) is 3.25. The number of amides is 1. The van der Waals surface area contributed by atoms with Crippen LogP contribution in [0.5, 0.6) is 5.75 Å². The minimum atomic E-state index is -0.628. The number of hydrogen-bond acceptors (Lipinski definition) is 5. The fourth-order valence-corrected chi connectivity index (χ4v) is 2.47. The van der Waals surface area contributed by atoms with Crippen molar-refractivity contribution < 1.29 is 14.8 Å². The van der Waals surface area contributed by atoms with E-state index in [0.29, 0.717) is 23.4 Å². The summed E-state index contributed by atoms with van der Waals surface area (Å²) in [5.41, 5.74) is 1.42. The quantitative estimate of drug-likeness (QED) is 0.496. The van der Waals surface area contributed by atoms with Crippen molar-refractivity contribution in [3.8, 4) is 5.75 Å². The molecule has 0 saturated heterocycles. The van der Waals surface area contributed by atoms with Gasteiger partial charge in [0.15, 0.2) is 0 Å². The van der Waals surface area contributed by atoms with Crippen molar-refractivity contribution in [2.24, 2.45) is 0 Å². The van der Waals surface area contributed by atoms with Crippen molar-refractivity contribution in [2.75, 3.05) is 5.32 Å². The molecule has 1 amide bonds. The molecule has 0 unspecified atom stereocenters. The number of aromatic nitrogens is 2. The van der Waals surface area contributed by atoms with E-state index in [1.807, 2.05) is 13.8 Å². The number of phenols is 1. The summed E-state index contributed by atoms with van der Waals surface area (Å²) >= 11 is 0. The minimum absolute atomic E-state index is 0.0664. The first kappa shape index (κ1) is 17.5. The molecule has 1 aromatic carbocycles. The van der Waals surface area contributed by atoms with Crippen LogP contribution in [0.1, 0.15) is 48.3 Å². The number of aromatic hydroxyl groups is 1. The molecule has 24 heavy (non-hydrogen) atoms. The van der Waals surface area contributed by atoms with Crippen LogP contribution in [0.2, 0.25) is 0 Å². The average Bonchev–Trinajstić information content (AvgIpc) is 2.93. The van der Waals surface area contributed by atoms with Crippen LogP contribution in [0.15, 0.2) is 18.3 Å². The lowest BCUT2D eigenvalue weighted by atomic mass is 9.99. The van der Waals surface area contributed by atoms with Crippen LogP contribution in [0.4, 0.5) is 11.4 Å². The number of aryl methyl sites for hydroxylation is 2. The Morgan fingerprint density at radius 1 is 1.46 bits per heavy atom. The fourth-order valence-electron chi connectivity index (χ4n) is 2.47. The standard InChI is InChI=1S/C16H20N4O4/c1-5-19-15(13(8-17-19)20(23)24)16(22)18-12-7-11(9(2)3)14(21)6-10(12)4/h6-9,21H,5H2,1-4H3,(H,18,22). The van der Waals surface area contributed by atoms with Crippen molar-refractivity contribution in [1.82, 2.24) is 9.78 Å². The maximum atomic E-state index is 12.6. The van der Waals surface area contributed by atoms with Crippen LogP contribution in [0.25, 0.3) is 0 Å². The van der Waals surface area contributed by atoms with E-state index in [4.69, 9.17) is 0 Å². The second-order valence-corrected chi connectivity index (χ2v) is 5.79. The highest BCUT2D eigenvalue weighted by Crippen LogP contribution is 2.31. The van der Waals surface area contributed by atoms with E-state index < -0.39 is 10.8 Å². The van der Waals surface area contributed by atoms with Gasteiger partial charge in [0.2, 0.25) is 5.69 Å². The number of anilines is 1. The van der Waals surface area contributed by atoms with E-state index in [1.54, 1.807) is 26.0 Å². The Balaban J connectivity index is 2.42. The number of carbonyl (C=O) groups excluding carboxylic acids is 1. The molecule has 1 heterocycles. The number of hydrogen-bond donors (Lipinski definition) is 2. The second-order valence-electron chi connectivity index (χ2n) is 5.79. The summed E-state index contributed by atoms with van der Waals surface area (Å²) in [5, 5.41) is 27.7. The number of nitrogens with one attached hydrogen (secondary N) is 1. The van der Waals surface area contributed by atoms with Crippen molar-refractivity contribution in [3.63, 3.8) is 0 Å². The van der Waals surface area contributed by atoms with E-state index in [9.17, 15) is 20.0 Å². The van der Waals surface area contributed by atoms with Crippen LogP contribution >= 0.6 is 0 Å². The van der Waals surface area contributed by atoms with Crippen molar-refractivity contribution in [3.05, 3.63) is 45.3 Å². The Labute approximate surface area is 139 Å². The SMILES string of the molecule is CCn1ncc([N+](=O)[O-])c1C(=O)Nc1cc(C(C)C)c(O)cc1C. The summed E-state index contributed by atoms with van der Waals surface area (Å²) in [6.07, 6.45) is 1.07. The number of nitrogens with zero attached hydrogens (tertiary/aromatic N) is 3. The van der Waals surface area contributed by atoms with Gasteiger partial charge in [-0.15, -0.1) is 0 Å². The third-order valence-corrected chi connectivity index (χ3v) is 3.78. The molecule has 0 radical (unpaired) electrons. The predicted octanol–water partition coefficient (Wildman–Crippen LogP) is 3.20. The molecular weight excluding hydrogens is 312 g/mol. The number of carbonyl (C=O) groups is 1. The molecule has 2 aromatic rings. The van der Waals surface area contributed by atoms with E-state index in [2.05, 4.69) is 10.4 Å². The first-order valence-corrected chi connectivity index (χ1v) is 7.61. The van der Waals surface area contributed by atoms with Gasteiger partial charge in [-0.2, -0.15) is 5.10 Å². The molecule has 128 valence electrons. The van der Waals surface area contributed by atoms with E-state index >= 15 is 0 Å². The van der Waals surface area contributed by atoms with Crippen LogP contribution in [0.3, 0.4) is 0 Å². The number of phenolic OH excluding ortho intramolecular Hbond substituents is 1. The van der Waals surface area contributed by atoms with E-state index in [1.165, 1.54) is 4.68 Å². The summed E-state index contributed by atoms with van der Waals surface area (Å²) in [6.45, 7) is 7.67. The van der Waals surface area contributed by atoms with Gasteiger partial charge in [0.05, 0.1) is 4.92 Å². The molecule has 0 spiro atoms. The zero-order valence-electron chi connectivity index (χ0n) is 14.0. The van der Waals surface area contributed by atoms with Crippen molar-refractivity contribution in [1.29, 1.82) is 0 Å². The topological polar surface area (TPSA) is 110 Å². The molecule has 0 aliphatic rings. The summed E-state index contributed by atoms with van der Waals surface area (Å²) in [7, 11) is 0. The second kappa shape index (κ2) is 6.69. The molecule has 2 rings (SSSR count). The zero-order valence-corrected chi connectivity index (χ0v) is 14.0. The Bertz CT molecular complexity index is 796. The maximum absolute atomic E-state index is 12.6. The molecular formula is C16H20N4O4. The van der Waals surface area contributed by atoms with E-state index in [0.717, 1.165) is 6.20 Å². The lowest BCUT2D eigenvalue weighted by molar-refractivity contribution is -0.385. The van der Waals surface area contributed by atoms with E-state index in [-0.39, 0.29) is 23.0 Å². The molecule has 0 bridgehead atoms. The van der Waals surface area contributed by atoms with Crippen LogP contribution < -0.4 is 5.32 Å². The molecule has 8 heteroatoms. The predicted molar refractivity (Wildman–Crippen MR) is 89.4 cm³/mol. The van der Waals surface area contributed by atoms with Crippen LogP contribution in [0, 0.1) is 17.0 Å². The van der Waals surface area contributed by atoms with Gasteiger partial charge in [-0.25, -0.2) is 0 Å². The highest BCUT2D eigenvalue weighted by atomic mass is 16.6. The van der Waals surface area contributed by atoms with Gasteiger partial charge in [0.25, 0.3) is 5.91 Å². The third-order valence-electron chi connectivity index (χ3n) is 3.78. The largest absolute Gasteiger partial charge is 0.508 e. The lowest BCUT2D eigenvalue weighted by Gasteiger charge is -2.14. The molecule has 0 aliphatic carbocycles. The smallest absolute Gasteiger partial charge is 0.320 e. The molecule has 8 nitrogen and oxygen atoms in total. The Kier molecular flexibility index (Phi) is 4.87. The van der Waals surface area contributed by atoms with Crippen LogP contribution in [-0.2, 0) is 6.54 Å². The summed E-state index contributed by atoms with van der Waals surface area (Å²) < 4.78 is 1.28. The average molecular weight is 332 g/mol. The molecule has 1 aromatic heterocycles. The Morgan fingerprint density at radius 3 is 2.67 bits per heavy atom. The van der Waals surface area contributed by atoms with Crippen LogP contribution in [-0.4, -0.2) is 25.7 Å². The Hall–Kier alpha value is -2.90. The van der Waals surface area contributed by atoms with Gasteiger partial charge in [-0.05, 0) is 43.0 Å². The molecule has 0 saturated carbocycles. The molecule has 2 N–H and O–H groups in total. The first-order chi connectivity index (χ1) is 11.3. The summed E-state index contributed by atoms with van der Waals surface area (Å²) in [4.78, 5) is 23.0. The van der Waals surface area contributed by atoms with Crippen molar-refractivity contribution in [2.45, 2.75) is 40.2 Å². The zero-order chi connectivity index (χ0) is 18.0. The molecule has 0 fully saturated rings. The first-order valence-electron chi connectivity index (χ1n) is 7.61. The van der Waals surface area contributed by atoms with Gasteiger partial charge in [0.1, 0.15) is 11.9 Å². The third kappa shape index (κ3) is 3.22. The summed E-state index contributed by atoms with van der Waals surface area (Å²) in [5.74, 6) is -0.383. The number of nitro groups is 1. The van der Waals surface area contributed by atoms with Gasteiger partial charge < -0.3 is 10.4 Å². The molecule has 0 atom stereocenters. The number of rotatable bonds is 5. The van der Waals surface area contributed by atoms with Gasteiger partial charge >= 0.3 is 5.69 Å².